The molecule has 0 bridgehead atoms. The molecule has 0 saturated heterocycles. The molecule has 2 aromatic heterocycles. The van der Waals surface area contributed by atoms with Crippen LogP contribution in [0.25, 0.3) is 0 Å². The zero-order valence-electron chi connectivity index (χ0n) is 9.88. The molecule has 2 aromatic rings. The Morgan fingerprint density at radius 3 is 3.06 bits per heavy atom. The second-order valence-electron chi connectivity index (χ2n) is 3.51. The van der Waals surface area contributed by atoms with E-state index in [-0.39, 0.29) is 5.56 Å². The third-order valence-corrected chi connectivity index (χ3v) is 2.88. The van der Waals surface area contributed by atoms with E-state index in [1.165, 1.54) is 30.4 Å². The van der Waals surface area contributed by atoms with Gasteiger partial charge in [0.05, 0.1) is 0 Å². The summed E-state index contributed by atoms with van der Waals surface area (Å²) in [6.07, 6.45) is 3.99. The highest BCUT2D eigenvalue weighted by molar-refractivity contribution is 7.99. The molecule has 2 rings (SSSR count). The van der Waals surface area contributed by atoms with Crippen LogP contribution in [0.2, 0.25) is 0 Å². The first-order chi connectivity index (χ1) is 8.78. The van der Waals surface area contributed by atoms with Crippen molar-refractivity contribution in [1.82, 2.24) is 19.9 Å². The molecule has 0 unspecified atom stereocenters. The fourth-order valence-electron chi connectivity index (χ4n) is 1.25. The molecule has 0 atom stereocenters. The van der Waals surface area contributed by atoms with E-state index in [0.29, 0.717) is 5.16 Å². The molecule has 2 N–H and O–H groups in total. The molecule has 0 aliphatic carbocycles. The van der Waals surface area contributed by atoms with Crippen molar-refractivity contribution >= 4 is 17.6 Å². The van der Waals surface area contributed by atoms with E-state index in [9.17, 15) is 4.79 Å². The van der Waals surface area contributed by atoms with Crippen molar-refractivity contribution in [3.8, 4) is 0 Å². The van der Waals surface area contributed by atoms with Crippen LogP contribution in [0.1, 0.15) is 13.3 Å². The molecule has 6 nitrogen and oxygen atoms in total. The average Bonchev–Trinajstić information content (AvgIpc) is 2.37. The van der Waals surface area contributed by atoms with Crippen LogP contribution in [-0.4, -0.2) is 26.5 Å². The number of aromatic nitrogens is 4. The van der Waals surface area contributed by atoms with E-state index >= 15 is 0 Å². The third kappa shape index (κ3) is 3.56. The van der Waals surface area contributed by atoms with Gasteiger partial charge in [0.2, 0.25) is 0 Å². The highest BCUT2D eigenvalue weighted by Crippen LogP contribution is 2.22. The van der Waals surface area contributed by atoms with Crippen molar-refractivity contribution in [1.29, 1.82) is 0 Å². The van der Waals surface area contributed by atoms with Crippen LogP contribution in [0.4, 0.5) is 5.82 Å². The van der Waals surface area contributed by atoms with Gasteiger partial charge < -0.3 is 10.3 Å². The molecule has 0 aliphatic heterocycles. The fraction of sp³-hybridized carbons (Fsp3) is 0.273. The normalized spacial score (nSPS) is 10.3. The predicted molar refractivity (Wildman–Crippen MR) is 69.8 cm³/mol. The molecule has 94 valence electrons. The monoisotopic (exact) mass is 263 g/mol. The van der Waals surface area contributed by atoms with Gasteiger partial charge in [-0.25, -0.2) is 15.0 Å². The lowest BCUT2D eigenvalue weighted by Crippen LogP contribution is -2.05. The van der Waals surface area contributed by atoms with Gasteiger partial charge in [0, 0.05) is 24.9 Å². The second-order valence-corrected chi connectivity index (χ2v) is 4.52. The van der Waals surface area contributed by atoms with Crippen molar-refractivity contribution in [2.24, 2.45) is 0 Å². The average molecular weight is 263 g/mol. The lowest BCUT2D eigenvalue weighted by Gasteiger charge is -2.04. The highest BCUT2D eigenvalue weighted by Gasteiger charge is 2.02. The van der Waals surface area contributed by atoms with E-state index in [0.717, 1.165) is 23.8 Å². The third-order valence-electron chi connectivity index (χ3n) is 2.05. The summed E-state index contributed by atoms with van der Waals surface area (Å²) in [4.78, 5) is 26.1. The smallest absolute Gasteiger partial charge is 0.251 e. The van der Waals surface area contributed by atoms with Crippen LogP contribution in [0.5, 0.6) is 0 Å². The van der Waals surface area contributed by atoms with Gasteiger partial charge in [-0.15, -0.1) is 0 Å². The molecule has 0 radical (unpaired) electrons. The van der Waals surface area contributed by atoms with Crippen LogP contribution in [-0.2, 0) is 0 Å². The molecule has 0 aliphatic rings. The van der Waals surface area contributed by atoms with Gasteiger partial charge in [-0.1, -0.05) is 6.92 Å². The number of hydrogen-bond donors (Lipinski definition) is 2. The van der Waals surface area contributed by atoms with Gasteiger partial charge in [0.25, 0.3) is 5.56 Å². The minimum Gasteiger partial charge on any atom is -0.370 e. The lowest BCUT2D eigenvalue weighted by atomic mass is 10.4. The van der Waals surface area contributed by atoms with E-state index in [1.54, 1.807) is 0 Å². The molecule has 2 heterocycles. The first-order valence-corrected chi connectivity index (χ1v) is 6.38. The molecule has 0 saturated carbocycles. The van der Waals surface area contributed by atoms with E-state index in [2.05, 4.69) is 32.2 Å². The highest BCUT2D eigenvalue weighted by atomic mass is 32.2. The summed E-state index contributed by atoms with van der Waals surface area (Å²) < 4.78 is 0. The van der Waals surface area contributed by atoms with Gasteiger partial charge in [-0.3, -0.25) is 4.79 Å². The maximum absolute atomic E-state index is 11.1. The zero-order chi connectivity index (χ0) is 12.8. The molecule has 0 amide bonds. The Morgan fingerprint density at radius 1 is 1.39 bits per heavy atom. The Kier molecular flexibility index (Phi) is 4.30. The standard InChI is InChI=1S/C11H13N5OS/c1-2-4-12-8-6-10(15-7-14-8)18-11-13-5-3-9(17)16-11/h3,5-7H,2,4H2,1H3,(H,12,14,15)(H,13,16,17). The lowest BCUT2D eigenvalue weighted by molar-refractivity contribution is 0.925. The van der Waals surface area contributed by atoms with Crippen LogP contribution in [0.3, 0.4) is 0 Å². The Bertz CT molecular complexity index is 571. The predicted octanol–water partition coefficient (Wildman–Crippen LogP) is 1.53. The van der Waals surface area contributed by atoms with Crippen molar-refractivity contribution in [2.45, 2.75) is 23.5 Å². The van der Waals surface area contributed by atoms with Crippen molar-refractivity contribution in [3.05, 3.63) is 35.0 Å². The quantitative estimate of drug-likeness (QED) is 0.628. The molecular formula is C11H13N5OS. The number of aromatic amines is 1. The number of rotatable bonds is 5. The molecule has 0 spiro atoms. The summed E-state index contributed by atoms with van der Waals surface area (Å²) in [5.74, 6) is 0.771. The number of nitrogens with one attached hydrogen (secondary N) is 2. The Labute approximate surface area is 108 Å². The fourth-order valence-corrected chi connectivity index (χ4v) is 1.98. The van der Waals surface area contributed by atoms with Gasteiger partial charge in [-0.05, 0) is 18.2 Å². The van der Waals surface area contributed by atoms with Crippen LogP contribution in [0, 0.1) is 0 Å². The summed E-state index contributed by atoms with van der Waals surface area (Å²) >= 11 is 1.29. The van der Waals surface area contributed by atoms with E-state index < -0.39 is 0 Å². The maximum atomic E-state index is 11.1. The first kappa shape index (κ1) is 12.6. The molecule has 0 fully saturated rings. The summed E-state index contributed by atoms with van der Waals surface area (Å²) in [7, 11) is 0. The van der Waals surface area contributed by atoms with E-state index in [4.69, 9.17) is 0 Å². The molecule has 18 heavy (non-hydrogen) atoms. The van der Waals surface area contributed by atoms with Crippen molar-refractivity contribution in [2.75, 3.05) is 11.9 Å². The number of H-pyrrole nitrogens is 1. The minimum atomic E-state index is -0.175. The van der Waals surface area contributed by atoms with Crippen LogP contribution in [0.15, 0.2) is 39.6 Å². The van der Waals surface area contributed by atoms with Gasteiger partial charge in [0.15, 0.2) is 5.16 Å². The Hall–Kier alpha value is -1.89. The molecular weight excluding hydrogens is 250 g/mol. The molecule has 0 aromatic carbocycles. The van der Waals surface area contributed by atoms with Crippen molar-refractivity contribution < 1.29 is 0 Å². The maximum Gasteiger partial charge on any atom is 0.251 e. The van der Waals surface area contributed by atoms with Crippen molar-refractivity contribution in [3.63, 3.8) is 0 Å². The first-order valence-electron chi connectivity index (χ1n) is 5.57. The summed E-state index contributed by atoms with van der Waals surface area (Å²) in [6.45, 7) is 2.95. The van der Waals surface area contributed by atoms with Gasteiger partial charge in [0.1, 0.15) is 17.2 Å². The van der Waals surface area contributed by atoms with Gasteiger partial charge in [-0.2, -0.15) is 0 Å². The summed E-state index contributed by atoms with van der Waals surface area (Å²) in [6, 6.07) is 3.20. The molecule has 7 heteroatoms. The second kappa shape index (κ2) is 6.15. The van der Waals surface area contributed by atoms with Crippen LogP contribution < -0.4 is 10.9 Å². The number of anilines is 1. The van der Waals surface area contributed by atoms with Gasteiger partial charge >= 0.3 is 0 Å². The summed E-state index contributed by atoms with van der Waals surface area (Å²) in [5, 5.41) is 4.43. The van der Waals surface area contributed by atoms with E-state index in [1.807, 2.05) is 6.07 Å². The topological polar surface area (TPSA) is 83.6 Å². The SMILES string of the molecule is CCCNc1cc(Sc2nccc(=O)[nH]2)ncn1. The van der Waals surface area contributed by atoms with Crippen LogP contribution >= 0.6 is 11.8 Å². The zero-order valence-corrected chi connectivity index (χ0v) is 10.7. The largest absolute Gasteiger partial charge is 0.370 e. The minimum absolute atomic E-state index is 0.175. The summed E-state index contributed by atoms with van der Waals surface area (Å²) in [5.41, 5.74) is -0.175. The number of nitrogens with zero attached hydrogens (tertiary/aromatic N) is 3. The number of hydrogen-bond acceptors (Lipinski definition) is 6. The Morgan fingerprint density at radius 2 is 2.28 bits per heavy atom. The Balaban J connectivity index is 2.11.